The van der Waals surface area contributed by atoms with Crippen LogP contribution in [0.1, 0.15) is 5.56 Å². The lowest BCUT2D eigenvalue weighted by Crippen LogP contribution is -2.50. The number of H-pyrrole nitrogens is 1. The molecule has 29 heavy (non-hydrogen) atoms. The third kappa shape index (κ3) is 3.94. The zero-order chi connectivity index (χ0) is 20.5. The smallest absolute Gasteiger partial charge is 0.243 e. The molecule has 0 unspecified atom stereocenters. The number of para-hydroxylation sites is 1. The molecule has 1 aromatic heterocycles. The van der Waals surface area contributed by atoms with Gasteiger partial charge in [-0.15, -0.1) is 0 Å². The molecule has 2 atom stereocenters. The zero-order valence-corrected chi connectivity index (χ0v) is 16.8. The molecule has 0 bridgehead atoms. The van der Waals surface area contributed by atoms with Gasteiger partial charge < -0.3 is 20.5 Å². The molecular formula is C21H25N3O4S. The molecule has 2 heterocycles. The first-order valence-corrected chi connectivity index (χ1v) is 11.1. The van der Waals surface area contributed by atoms with E-state index in [0.717, 1.165) is 21.6 Å². The minimum Gasteiger partial charge on any atom is -0.389 e. The molecule has 0 amide bonds. The average Bonchev–Trinajstić information content (AvgIpc) is 3.27. The molecule has 1 aliphatic heterocycles. The van der Waals surface area contributed by atoms with Gasteiger partial charge in [0.25, 0.3) is 0 Å². The number of fused-ring (bicyclic) bond motifs is 1. The Bertz CT molecular complexity index is 1080. The number of aromatic nitrogens is 1. The lowest BCUT2D eigenvalue weighted by molar-refractivity contribution is -0.0380. The molecule has 8 heteroatoms. The van der Waals surface area contributed by atoms with Crippen LogP contribution in [0.5, 0.6) is 0 Å². The topological polar surface area (TPSA) is 106 Å². The summed E-state index contributed by atoms with van der Waals surface area (Å²) < 4.78 is 26.7. The highest BCUT2D eigenvalue weighted by Gasteiger charge is 2.48. The van der Waals surface area contributed by atoms with E-state index >= 15 is 0 Å². The summed E-state index contributed by atoms with van der Waals surface area (Å²) in [7, 11) is -3.75. The van der Waals surface area contributed by atoms with Crippen molar-refractivity contribution < 1.29 is 18.6 Å². The Balaban J connectivity index is 1.36. The van der Waals surface area contributed by atoms with Gasteiger partial charge in [-0.1, -0.05) is 36.4 Å². The standard InChI is InChI=1S/C21H25N3O4S/c25-20-13-24(29(27,28)17-6-2-1-3-7-17)15-21(20,26)14-22-11-10-16-12-23-19-9-5-4-8-18(16)19/h1-9,12,20,22-23,25-26H,10-11,13-15H2/t20-,21+/m1/s1. The summed E-state index contributed by atoms with van der Waals surface area (Å²) in [6.45, 7) is 0.434. The van der Waals surface area contributed by atoms with Crippen LogP contribution >= 0.6 is 0 Å². The summed E-state index contributed by atoms with van der Waals surface area (Å²) in [4.78, 5) is 3.39. The number of hydrogen-bond donors (Lipinski definition) is 4. The third-order valence-corrected chi connectivity index (χ3v) is 7.33. The second kappa shape index (κ2) is 7.89. The predicted octanol–water partition coefficient (Wildman–Crippen LogP) is 1.10. The molecule has 4 rings (SSSR count). The minimum absolute atomic E-state index is 0.108. The van der Waals surface area contributed by atoms with Crippen molar-refractivity contribution in [3.05, 3.63) is 66.4 Å². The lowest BCUT2D eigenvalue weighted by atomic mass is 10.0. The highest BCUT2D eigenvalue weighted by atomic mass is 32.2. The van der Waals surface area contributed by atoms with Crippen LogP contribution in [0, 0.1) is 0 Å². The summed E-state index contributed by atoms with van der Waals surface area (Å²) in [5.74, 6) is 0. The van der Waals surface area contributed by atoms with Crippen LogP contribution in [0.3, 0.4) is 0 Å². The molecule has 0 radical (unpaired) electrons. The van der Waals surface area contributed by atoms with E-state index in [2.05, 4.69) is 16.4 Å². The van der Waals surface area contributed by atoms with Crippen LogP contribution in [0.15, 0.2) is 65.7 Å². The maximum Gasteiger partial charge on any atom is 0.243 e. The Morgan fingerprint density at radius 3 is 2.66 bits per heavy atom. The molecule has 1 aliphatic rings. The Labute approximate surface area is 170 Å². The summed E-state index contributed by atoms with van der Waals surface area (Å²) in [5, 5.41) is 25.5. The Morgan fingerprint density at radius 1 is 1.14 bits per heavy atom. The molecule has 0 saturated carbocycles. The number of nitrogens with one attached hydrogen (secondary N) is 2. The number of sulfonamides is 1. The van der Waals surface area contributed by atoms with Gasteiger partial charge in [-0.3, -0.25) is 0 Å². The van der Waals surface area contributed by atoms with E-state index in [1.54, 1.807) is 18.2 Å². The summed E-state index contributed by atoms with van der Waals surface area (Å²) in [6.07, 6.45) is 1.57. The first-order chi connectivity index (χ1) is 13.9. The van der Waals surface area contributed by atoms with Crippen LogP contribution in [0.2, 0.25) is 0 Å². The Kier molecular flexibility index (Phi) is 5.46. The van der Waals surface area contributed by atoms with Crippen molar-refractivity contribution in [2.75, 3.05) is 26.2 Å². The van der Waals surface area contributed by atoms with Gasteiger partial charge >= 0.3 is 0 Å². The molecule has 0 aliphatic carbocycles. The number of hydrogen-bond acceptors (Lipinski definition) is 5. The monoisotopic (exact) mass is 415 g/mol. The fourth-order valence-electron chi connectivity index (χ4n) is 3.80. The fourth-order valence-corrected chi connectivity index (χ4v) is 5.33. The van der Waals surface area contributed by atoms with Crippen LogP contribution < -0.4 is 5.32 Å². The number of aliphatic hydroxyl groups excluding tert-OH is 1. The third-order valence-electron chi connectivity index (χ3n) is 5.51. The summed E-state index contributed by atoms with van der Waals surface area (Å²) >= 11 is 0. The largest absolute Gasteiger partial charge is 0.389 e. The van der Waals surface area contributed by atoms with E-state index in [0.29, 0.717) is 6.54 Å². The van der Waals surface area contributed by atoms with Gasteiger partial charge in [0, 0.05) is 36.7 Å². The highest BCUT2D eigenvalue weighted by Crippen LogP contribution is 2.27. The van der Waals surface area contributed by atoms with Crippen LogP contribution in [-0.2, 0) is 16.4 Å². The predicted molar refractivity (Wildman–Crippen MR) is 111 cm³/mol. The number of aliphatic hydroxyl groups is 2. The molecular weight excluding hydrogens is 390 g/mol. The van der Waals surface area contributed by atoms with Crippen LogP contribution in [0.25, 0.3) is 10.9 Å². The van der Waals surface area contributed by atoms with E-state index < -0.39 is 21.7 Å². The lowest BCUT2D eigenvalue weighted by Gasteiger charge is -2.26. The van der Waals surface area contributed by atoms with Crippen molar-refractivity contribution in [1.82, 2.24) is 14.6 Å². The van der Waals surface area contributed by atoms with Crippen molar-refractivity contribution >= 4 is 20.9 Å². The number of aromatic amines is 1. The van der Waals surface area contributed by atoms with Crippen molar-refractivity contribution in [1.29, 1.82) is 0 Å². The molecule has 1 fully saturated rings. The molecule has 154 valence electrons. The Morgan fingerprint density at radius 2 is 1.86 bits per heavy atom. The minimum atomic E-state index is -3.75. The van der Waals surface area contributed by atoms with Gasteiger partial charge in [0.1, 0.15) is 5.60 Å². The average molecular weight is 416 g/mol. The maximum absolute atomic E-state index is 12.8. The Hall–Kier alpha value is -2.23. The van der Waals surface area contributed by atoms with Gasteiger partial charge in [-0.2, -0.15) is 4.31 Å². The van der Waals surface area contributed by atoms with Crippen molar-refractivity contribution in [2.24, 2.45) is 0 Å². The first-order valence-electron chi connectivity index (χ1n) is 9.61. The quantitative estimate of drug-likeness (QED) is 0.433. The van der Waals surface area contributed by atoms with Crippen LogP contribution in [-0.4, -0.2) is 65.8 Å². The number of rotatable bonds is 7. The zero-order valence-electron chi connectivity index (χ0n) is 16.0. The van der Waals surface area contributed by atoms with Gasteiger partial charge in [-0.25, -0.2) is 8.42 Å². The highest BCUT2D eigenvalue weighted by molar-refractivity contribution is 7.89. The van der Waals surface area contributed by atoms with E-state index in [-0.39, 0.29) is 24.5 Å². The fraction of sp³-hybridized carbons (Fsp3) is 0.333. The van der Waals surface area contributed by atoms with Gasteiger partial charge in [0.15, 0.2) is 0 Å². The van der Waals surface area contributed by atoms with Crippen LogP contribution in [0.4, 0.5) is 0 Å². The maximum atomic E-state index is 12.8. The second-order valence-electron chi connectivity index (χ2n) is 7.52. The van der Waals surface area contributed by atoms with E-state index in [1.807, 2.05) is 24.4 Å². The van der Waals surface area contributed by atoms with E-state index in [9.17, 15) is 18.6 Å². The van der Waals surface area contributed by atoms with Gasteiger partial charge in [0.2, 0.25) is 10.0 Å². The number of β-amino-alcohol motifs (C(OH)–C–C–N with tert-alkyl or cyclic N) is 2. The van der Waals surface area contributed by atoms with Crippen molar-refractivity contribution in [2.45, 2.75) is 23.0 Å². The molecule has 3 aromatic rings. The summed E-state index contributed by atoms with van der Waals surface area (Å²) in [6, 6.07) is 16.1. The van der Waals surface area contributed by atoms with E-state index in [4.69, 9.17) is 0 Å². The molecule has 7 nitrogen and oxygen atoms in total. The number of nitrogens with zero attached hydrogens (tertiary/aromatic N) is 1. The molecule has 2 aromatic carbocycles. The number of benzene rings is 2. The molecule has 1 saturated heterocycles. The van der Waals surface area contributed by atoms with Gasteiger partial charge in [0.05, 0.1) is 11.0 Å². The first kappa shape index (κ1) is 20.1. The summed E-state index contributed by atoms with van der Waals surface area (Å²) in [5.41, 5.74) is 0.719. The molecule has 0 spiro atoms. The second-order valence-corrected chi connectivity index (χ2v) is 9.45. The SMILES string of the molecule is O=S(=O)(c1ccccc1)N1C[C@@H](O)[C@](O)(CNCCc2c[nH]c3ccccc23)C1. The van der Waals surface area contributed by atoms with E-state index in [1.165, 1.54) is 17.7 Å². The van der Waals surface area contributed by atoms with Crippen molar-refractivity contribution in [3.8, 4) is 0 Å². The van der Waals surface area contributed by atoms with Gasteiger partial charge in [-0.05, 0) is 36.7 Å². The normalized spacial score (nSPS) is 23.0. The molecule has 4 N–H and O–H groups in total. The van der Waals surface area contributed by atoms with Crippen molar-refractivity contribution in [3.63, 3.8) is 0 Å².